The lowest BCUT2D eigenvalue weighted by Gasteiger charge is -2.39. The number of anilines is 1. The molecule has 2 aliphatic rings. The smallest absolute Gasteiger partial charge is 0.206 e. The zero-order valence-corrected chi connectivity index (χ0v) is 13.6. The summed E-state index contributed by atoms with van der Waals surface area (Å²) < 4.78 is 2.27. The number of aryl methyl sites for hydroxylation is 1. The molecule has 2 atom stereocenters. The molecule has 1 aromatic carbocycles. The molecule has 1 saturated carbocycles. The second kappa shape index (κ2) is 4.02. The lowest BCUT2D eigenvalue weighted by molar-refractivity contribution is 0.136. The quantitative estimate of drug-likeness (QED) is 0.789. The largest absolute Gasteiger partial charge is 0.339 e. The predicted molar refractivity (Wildman–Crippen MR) is 87.6 cm³/mol. The third-order valence-corrected chi connectivity index (χ3v) is 5.44. The van der Waals surface area contributed by atoms with Crippen molar-refractivity contribution in [2.75, 3.05) is 11.4 Å². The van der Waals surface area contributed by atoms with Gasteiger partial charge in [0.25, 0.3) is 0 Å². The summed E-state index contributed by atoms with van der Waals surface area (Å²) in [5.41, 5.74) is 3.25. The molecule has 1 saturated heterocycles. The van der Waals surface area contributed by atoms with Crippen LogP contribution >= 0.6 is 0 Å². The molecule has 0 amide bonds. The van der Waals surface area contributed by atoms with Gasteiger partial charge < -0.3 is 9.47 Å². The number of hydrogen-bond donors (Lipinski definition) is 0. The Morgan fingerprint density at radius 2 is 1.90 bits per heavy atom. The number of fused-ring (bicyclic) bond motifs is 3. The van der Waals surface area contributed by atoms with E-state index >= 15 is 0 Å². The van der Waals surface area contributed by atoms with Crippen molar-refractivity contribution in [2.45, 2.75) is 46.1 Å². The molecule has 2 aromatic rings. The van der Waals surface area contributed by atoms with E-state index in [-0.39, 0.29) is 0 Å². The molecule has 2 unspecified atom stereocenters. The Balaban J connectivity index is 1.78. The van der Waals surface area contributed by atoms with E-state index in [4.69, 9.17) is 4.98 Å². The molecule has 21 heavy (non-hydrogen) atoms. The lowest BCUT2D eigenvalue weighted by Crippen LogP contribution is -2.35. The van der Waals surface area contributed by atoms with Crippen molar-refractivity contribution in [3.8, 4) is 0 Å². The molecule has 2 bridgehead atoms. The molecule has 2 heterocycles. The first-order valence-corrected chi connectivity index (χ1v) is 8.05. The highest BCUT2D eigenvalue weighted by Crippen LogP contribution is 2.53. The van der Waals surface area contributed by atoms with Gasteiger partial charge in [-0.15, -0.1) is 0 Å². The maximum absolute atomic E-state index is 4.92. The van der Waals surface area contributed by atoms with Crippen molar-refractivity contribution in [1.29, 1.82) is 0 Å². The van der Waals surface area contributed by atoms with Crippen LogP contribution in [0.25, 0.3) is 11.0 Å². The van der Waals surface area contributed by atoms with Crippen molar-refractivity contribution >= 4 is 17.0 Å². The molecule has 1 aliphatic carbocycles. The Labute approximate surface area is 127 Å². The molecule has 0 spiro atoms. The first-order chi connectivity index (χ1) is 9.87. The molecule has 4 rings (SSSR count). The monoisotopic (exact) mass is 283 g/mol. The van der Waals surface area contributed by atoms with Crippen LogP contribution in [0.15, 0.2) is 24.3 Å². The van der Waals surface area contributed by atoms with Gasteiger partial charge in [-0.2, -0.15) is 0 Å². The summed E-state index contributed by atoms with van der Waals surface area (Å²) in [5, 5.41) is 0. The summed E-state index contributed by atoms with van der Waals surface area (Å²) >= 11 is 0. The normalized spacial score (nSPS) is 31.0. The molecule has 2 fully saturated rings. The van der Waals surface area contributed by atoms with E-state index in [1.54, 1.807) is 0 Å². The average molecular weight is 283 g/mol. The van der Waals surface area contributed by atoms with Gasteiger partial charge in [-0.3, -0.25) is 0 Å². The van der Waals surface area contributed by atoms with Crippen LogP contribution in [0, 0.1) is 10.8 Å². The molecule has 112 valence electrons. The van der Waals surface area contributed by atoms with E-state index < -0.39 is 0 Å². The SMILES string of the molecule is Cn1c(N2CC3(C)CC2CC(C)(C)C3)nc2ccccc21. The Morgan fingerprint density at radius 1 is 1.14 bits per heavy atom. The number of nitrogens with zero attached hydrogens (tertiary/aromatic N) is 3. The van der Waals surface area contributed by atoms with Crippen LogP contribution in [0.4, 0.5) is 5.95 Å². The lowest BCUT2D eigenvalue weighted by atomic mass is 9.65. The highest BCUT2D eigenvalue weighted by atomic mass is 15.3. The van der Waals surface area contributed by atoms with E-state index in [1.807, 2.05) is 0 Å². The standard InChI is InChI=1S/C18H25N3/c1-17(2)9-13-10-18(3,11-17)12-21(13)16-19-14-7-5-6-8-15(14)20(16)4/h5-8,13H,9-12H2,1-4H3. The van der Waals surface area contributed by atoms with Gasteiger partial charge in [0.15, 0.2) is 0 Å². The third-order valence-electron chi connectivity index (χ3n) is 5.44. The summed E-state index contributed by atoms with van der Waals surface area (Å²) in [6.07, 6.45) is 3.93. The third kappa shape index (κ3) is 1.97. The Morgan fingerprint density at radius 3 is 2.67 bits per heavy atom. The van der Waals surface area contributed by atoms with Crippen molar-refractivity contribution in [3.63, 3.8) is 0 Å². The Kier molecular flexibility index (Phi) is 2.52. The second-order valence-corrected chi connectivity index (χ2v) is 8.30. The van der Waals surface area contributed by atoms with Gasteiger partial charge >= 0.3 is 0 Å². The first kappa shape index (κ1) is 13.2. The summed E-state index contributed by atoms with van der Waals surface area (Å²) in [6, 6.07) is 9.10. The zero-order chi connectivity index (χ0) is 14.8. The number of benzene rings is 1. The van der Waals surface area contributed by atoms with E-state index in [0.29, 0.717) is 16.9 Å². The second-order valence-electron chi connectivity index (χ2n) is 8.30. The van der Waals surface area contributed by atoms with Crippen molar-refractivity contribution < 1.29 is 0 Å². The van der Waals surface area contributed by atoms with Crippen LogP contribution in [-0.2, 0) is 7.05 Å². The number of imidazole rings is 1. The topological polar surface area (TPSA) is 21.1 Å². The highest BCUT2D eigenvalue weighted by Gasteiger charge is 2.50. The summed E-state index contributed by atoms with van der Waals surface area (Å²) in [4.78, 5) is 7.50. The Bertz CT molecular complexity index is 700. The van der Waals surface area contributed by atoms with Gasteiger partial charge in [0.05, 0.1) is 11.0 Å². The van der Waals surface area contributed by atoms with Crippen molar-refractivity contribution in [2.24, 2.45) is 17.9 Å². The number of aromatic nitrogens is 2. The predicted octanol–water partition coefficient (Wildman–Crippen LogP) is 3.98. The van der Waals surface area contributed by atoms with Crippen LogP contribution in [-0.4, -0.2) is 22.1 Å². The molecule has 1 aliphatic heterocycles. The van der Waals surface area contributed by atoms with Crippen LogP contribution in [0.3, 0.4) is 0 Å². The van der Waals surface area contributed by atoms with E-state index in [0.717, 1.165) is 18.0 Å². The number of hydrogen-bond acceptors (Lipinski definition) is 2. The fourth-order valence-electron chi connectivity index (χ4n) is 5.08. The minimum Gasteiger partial charge on any atom is -0.339 e. The van der Waals surface area contributed by atoms with Gasteiger partial charge in [-0.1, -0.05) is 32.9 Å². The van der Waals surface area contributed by atoms with E-state index in [2.05, 4.69) is 61.6 Å². The fraction of sp³-hybridized carbons (Fsp3) is 0.611. The number of para-hydroxylation sites is 2. The molecular weight excluding hydrogens is 258 g/mol. The van der Waals surface area contributed by atoms with Gasteiger partial charge in [-0.25, -0.2) is 4.98 Å². The van der Waals surface area contributed by atoms with E-state index in [1.165, 1.54) is 24.8 Å². The van der Waals surface area contributed by atoms with Gasteiger partial charge in [0.2, 0.25) is 5.95 Å². The van der Waals surface area contributed by atoms with Gasteiger partial charge in [-0.05, 0) is 42.2 Å². The van der Waals surface area contributed by atoms with Crippen LogP contribution in [0.1, 0.15) is 40.0 Å². The van der Waals surface area contributed by atoms with Crippen LogP contribution < -0.4 is 4.90 Å². The molecular formula is C18H25N3. The summed E-state index contributed by atoms with van der Waals surface area (Å²) in [6.45, 7) is 8.47. The van der Waals surface area contributed by atoms with Gasteiger partial charge in [0, 0.05) is 19.6 Å². The summed E-state index contributed by atoms with van der Waals surface area (Å²) in [5.74, 6) is 1.16. The molecule has 0 N–H and O–H groups in total. The van der Waals surface area contributed by atoms with Crippen LogP contribution in [0.5, 0.6) is 0 Å². The van der Waals surface area contributed by atoms with Crippen molar-refractivity contribution in [1.82, 2.24) is 9.55 Å². The minimum atomic E-state index is 0.449. The summed E-state index contributed by atoms with van der Waals surface area (Å²) in [7, 11) is 2.15. The maximum Gasteiger partial charge on any atom is 0.206 e. The highest BCUT2D eigenvalue weighted by molar-refractivity contribution is 5.78. The molecule has 3 heteroatoms. The zero-order valence-electron chi connectivity index (χ0n) is 13.6. The average Bonchev–Trinajstić information content (AvgIpc) is 2.84. The fourth-order valence-corrected chi connectivity index (χ4v) is 5.08. The van der Waals surface area contributed by atoms with E-state index in [9.17, 15) is 0 Å². The minimum absolute atomic E-state index is 0.449. The molecule has 0 radical (unpaired) electrons. The van der Waals surface area contributed by atoms with Gasteiger partial charge in [0.1, 0.15) is 0 Å². The number of rotatable bonds is 1. The molecule has 3 nitrogen and oxygen atoms in total. The van der Waals surface area contributed by atoms with Crippen molar-refractivity contribution in [3.05, 3.63) is 24.3 Å². The maximum atomic E-state index is 4.92. The first-order valence-electron chi connectivity index (χ1n) is 8.05. The van der Waals surface area contributed by atoms with Crippen LogP contribution in [0.2, 0.25) is 0 Å². The molecule has 1 aromatic heterocycles. The Hall–Kier alpha value is -1.51.